The molecule has 0 bridgehead atoms. The van der Waals surface area contributed by atoms with E-state index in [2.05, 4.69) is 32.4 Å². The van der Waals surface area contributed by atoms with E-state index >= 15 is 0 Å². The fourth-order valence-electron chi connectivity index (χ4n) is 1.91. The Hall–Kier alpha value is -0.500. The number of hydrogen-bond acceptors (Lipinski definition) is 3. The van der Waals surface area contributed by atoms with Crippen LogP contribution in [0.4, 0.5) is 0 Å². The first kappa shape index (κ1) is 16.6. The van der Waals surface area contributed by atoms with Gasteiger partial charge in [-0.2, -0.15) is 11.8 Å². The van der Waals surface area contributed by atoms with Gasteiger partial charge in [-0.15, -0.1) is 24.0 Å². The predicted octanol–water partition coefficient (Wildman–Crippen LogP) is 2.26. The molecular weight excluding hydrogens is 371 g/mol. The van der Waals surface area contributed by atoms with Crippen LogP contribution in [-0.4, -0.2) is 35.5 Å². The highest BCUT2D eigenvalue weighted by atomic mass is 127. The van der Waals surface area contributed by atoms with Crippen molar-refractivity contribution in [3.05, 3.63) is 30.1 Å². The van der Waals surface area contributed by atoms with Crippen molar-refractivity contribution >= 4 is 41.7 Å². The van der Waals surface area contributed by atoms with Crippen molar-refractivity contribution in [2.75, 3.05) is 19.3 Å². The molecule has 2 rings (SSSR count). The molecule has 1 fully saturated rings. The second-order valence-electron chi connectivity index (χ2n) is 4.26. The van der Waals surface area contributed by atoms with Gasteiger partial charge in [0.1, 0.15) is 0 Å². The number of thioether (sulfide) groups is 1. The molecule has 0 radical (unpaired) electrons. The topological polar surface area (TPSA) is 49.3 Å². The maximum absolute atomic E-state index is 4.27. The lowest BCUT2D eigenvalue weighted by molar-refractivity contribution is 0.723. The van der Waals surface area contributed by atoms with E-state index in [1.807, 2.05) is 24.4 Å². The molecule has 2 N–H and O–H groups in total. The molecule has 1 saturated heterocycles. The van der Waals surface area contributed by atoms with Crippen LogP contribution in [0, 0.1) is 0 Å². The van der Waals surface area contributed by atoms with Gasteiger partial charge in [0.2, 0.25) is 0 Å². The summed E-state index contributed by atoms with van der Waals surface area (Å²) < 4.78 is 0. The molecule has 4 nitrogen and oxygen atoms in total. The summed E-state index contributed by atoms with van der Waals surface area (Å²) in [7, 11) is 1.80. The number of rotatable bonds is 4. The van der Waals surface area contributed by atoms with E-state index in [-0.39, 0.29) is 24.0 Å². The second-order valence-corrected chi connectivity index (χ2v) is 5.67. The monoisotopic (exact) mass is 392 g/mol. The van der Waals surface area contributed by atoms with E-state index in [0.29, 0.717) is 6.54 Å². The highest BCUT2D eigenvalue weighted by Gasteiger charge is 2.15. The molecule has 0 saturated carbocycles. The van der Waals surface area contributed by atoms with Crippen molar-refractivity contribution in [1.82, 2.24) is 15.6 Å². The largest absolute Gasteiger partial charge is 0.355 e. The lowest BCUT2D eigenvalue weighted by Gasteiger charge is -2.14. The standard InChI is InChI=1S/C13H20N4S.HI/c1-14-13(17-10-12-6-4-8-18-12)16-9-11-5-2-3-7-15-11;/h2-3,5,7,12H,4,6,8-10H2,1H3,(H2,14,16,17);1H. The maximum atomic E-state index is 4.27. The molecule has 1 unspecified atom stereocenters. The number of hydrogen-bond donors (Lipinski definition) is 2. The Morgan fingerprint density at radius 1 is 1.47 bits per heavy atom. The average molecular weight is 392 g/mol. The number of pyridine rings is 1. The van der Waals surface area contributed by atoms with Crippen molar-refractivity contribution in [3.63, 3.8) is 0 Å². The molecule has 19 heavy (non-hydrogen) atoms. The van der Waals surface area contributed by atoms with Gasteiger partial charge in [0.25, 0.3) is 0 Å². The normalized spacial score (nSPS) is 18.8. The van der Waals surface area contributed by atoms with Gasteiger partial charge in [-0.1, -0.05) is 6.07 Å². The minimum atomic E-state index is 0. The van der Waals surface area contributed by atoms with Crippen LogP contribution in [0.1, 0.15) is 18.5 Å². The van der Waals surface area contributed by atoms with Gasteiger partial charge in [0.15, 0.2) is 5.96 Å². The number of nitrogens with one attached hydrogen (secondary N) is 2. The molecular formula is C13H21IN4S. The van der Waals surface area contributed by atoms with Gasteiger partial charge in [-0.05, 0) is 30.7 Å². The van der Waals surface area contributed by atoms with Crippen LogP contribution in [0.2, 0.25) is 0 Å². The van der Waals surface area contributed by atoms with Crippen LogP contribution in [0.5, 0.6) is 0 Å². The van der Waals surface area contributed by atoms with Gasteiger partial charge in [-0.3, -0.25) is 9.98 Å². The molecule has 1 aliphatic rings. The Morgan fingerprint density at radius 3 is 3.00 bits per heavy atom. The number of halogens is 1. The second kappa shape index (κ2) is 9.41. The minimum Gasteiger partial charge on any atom is -0.355 e. The van der Waals surface area contributed by atoms with E-state index in [9.17, 15) is 0 Å². The van der Waals surface area contributed by atoms with Crippen molar-refractivity contribution < 1.29 is 0 Å². The molecule has 106 valence electrons. The van der Waals surface area contributed by atoms with Crippen molar-refractivity contribution in [2.45, 2.75) is 24.6 Å². The highest BCUT2D eigenvalue weighted by Crippen LogP contribution is 2.25. The third kappa shape index (κ3) is 5.99. The summed E-state index contributed by atoms with van der Waals surface area (Å²) >= 11 is 2.05. The molecule has 0 aromatic carbocycles. The van der Waals surface area contributed by atoms with Gasteiger partial charge in [0.05, 0.1) is 12.2 Å². The lowest BCUT2D eigenvalue weighted by atomic mass is 10.2. The summed E-state index contributed by atoms with van der Waals surface area (Å²) in [5.74, 6) is 2.15. The van der Waals surface area contributed by atoms with Crippen LogP contribution in [0.15, 0.2) is 29.4 Å². The highest BCUT2D eigenvalue weighted by molar-refractivity contribution is 14.0. The molecule has 1 aliphatic heterocycles. The Bertz CT molecular complexity index is 379. The van der Waals surface area contributed by atoms with Gasteiger partial charge >= 0.3 is 0 Å². The van der Waals surface area contributed by atoms with Gasteiger partial charge in [0, 0.05) is 25.0 Å². The minimum absolute atomic E-state index is 0. The summed E-state index contributed by atoms with van der Waals surface area (Å²) in [6.07, 6.45) is 4.47. The molecule has 1 aromatic rings. The van der Waals surface area contributed by atoms with E-state index in [0.717, 1.165) is 23.4 Å². The number of guanidine groups is 1. The average Bonchev–Trinajstić information content (AvgIpc) is 2.93. The zero-order valence-corrected chi connectivity index (χ0v) is 14.3. The molecule has 2 heterocycles. The molecule has 6 heteroatoms. The summed E-state index contributed by atoms with van der Waals surface area (Å²) in [4.78, 5) is 8.49. The van der Waals surface area contributed by atoms with Crippen LogP contribution >= 0.6 is 35.7 Å². The quantitative estimate of drug-likeness (QED) is 0.469. The van der Waals surface area contributed by atoms with E-state index < -0.39 is 0 Å². The SMILES string of the molecule is CN=C(NCc1ccccn1)NCC1CCCS1.I. The molecule has 0 aliphatic carbocycles. The van der Waals surface area contributed by atoms with E-state index in [1.165, 1.54) is 18.6 Å². The third-order valence-corrected chi connectivity index (χ3v) is 4.31. The van der Waals surface area contributed by atoms with Crippen molar-refractivity contribution in [3.8, 4) is 0 Å². The first-order valence-corrected chi connectivity index (χ1v) is 7.39. The first-order chi connectivity index (χ1) is 8.88. The lowest BCUT2D eigenvalue weighted by Crippen LogP contribution is -2.39. The van der Waals surface area contributed by atoms with Crippen LogP contribution in [0.25, 0.3) is 0 Å². The smallest absolute Gasteiger partial charge is 0.191 e. The van der Waals surface area contributed by atoms with Crippen molar-refractivity contribution in [2.24, 2.45) is 4.99 Å². The maximum Gasteiger partial charge on any atom is 0.191 e. The number of nitrogens with zero attached hydrogens (tertiary/aromatic N) is 2. The molecule has 0 spiro atoms. The van der Waals surface area contributed by atoms with Gasteiger partial charge in [-0.25, -0.2) is 0 Å². The molecule has 1 atom stereocenters. The van der Waals surface area contributed by atoms with Crippen LogP contribution in [-0.2, 0) is 6.54 Å². The number of aromatic nitrogens is 1. The van der Waals surface area contributed by atoms with Crippen LogP contribution < -0.4 is 10.6 Å². The summed E-state index contributed by atoms with van der Waals surface area (Å²) in [5.41, 5.74) is 1.02. The van der Waals surface area contributed by atoms with Crippen molar-refractivity contribution in [1.29, 1.82) is 0 Å². The van der Waals surface area contributed by atoms with Crippen LogP contribution in [0.3, 0.4) is 0 Å². The Morgan fingerprint density at radius 2 is 2.37 bits per heavy atom. The predicted molar refractivity (Wildman–Crippen MR) is 93.3 cm³/mol. The first-order valence-electron chi connectivity index (χ1n) is 6.34. The summed E-state index contributed by atoms with van der Waals surface area (Å²) in [6, 6.07) is 5.93. The summed E-state index contributed by atoms with van der Waals surface area (Å²) in [6.45, 7) is 1.70. The van der Waals surface area contributed by atoms with E-state index in [4.69, 9.17) is 0 Å². The zero-order chi connectivity index (χ0) is 12.6. The van der Waals surface area contributed by atoms with E-state index in [1.54, 1.807) is 7.05 Å². The third-order valence-electron chi connectivity index (χ3n) is 2.91. The fourth-order valence-corrected chi connectivity index (χ4v) is 3.11. The Labute approximate surface area is 136 Å². The van der Waals surface area contributed by atoms with Gasteiger partial charge < -0.3 is 10.6 Å². The zero-order valence-electron chi connectivity index (χ0n) is 11.1. The molecule has 0 amide bonds. The summed E-state index contributed by atoms with van der Waals surface area (Å²) in [5, 5.41) is 7.38. The Kier molecular flexibility index (Phi) is 8.20. The fraction of sp³-hybridized carbons (Fsp3) is 0.538. The Balaban J connectivity index is 0.00000180. The number of aliphatic imine (C=N–C) groups is 1. The molecule has 1 aromatic heterocycles.